The maximum atomic E-state index is 13.6. The third kappa shape index (κ3) is 3.94. The fourth-order valence-corrected chi connectivity index (χ4v) is 2.80. The van der Waals surface area contributed by atoms with Gasteiger partial charge >= 0.3 is 0 Å². The lowest BCUT2D eigenvalue weighted by molar-refractivity contribution is 0.0907. The highest BCUT2D eigenvalue weighted by Gasteiger charge is 2.22. The van der Waals surface area contributed by atoms with Crippen molar-refractivity contribution in [3.63, 3.8) is 0 Å². The molecule has 0 unspecified atom stereocenters. The van der Waals surface area contributed by atoms with E-state index < -0.39 is 12.3 Å². The van der Waals surface area contributed by atoms with E-state index in [0.717, 1.165) is 4.52 Å². The highest BCUT2D eigenvalue weighted by atomic mass is 19.3. The van der Waals surface area contributed by atoms with Crippen molar-refractivity contribution >= 4 is 11.6 Å². The number of hydrogen-bond acceptors (Lipinski definition) is 5. The van der Waals surface area contributed by atoms with Gasteiger partial charge in [-0.15, -0.1) is 0 Å². The molecule has 7 nitrogen and oxygen atoms in total. The van der Waals surface area contributed by atoms with E-state index in [1.807, 2.05) is 0 Å². The number of nitrogens with one attached hydrogen (secondary N) is 1. The van der Waals surface area contributed by atoms with Gasteiger partial charge in [0.1, 0.15) is 17.0 Å². The summed E-state index contributed by atoms with van der Waals surface area (Å²) in [6, 6.07) is 7.85. The molecule has 1 N–H and O–H groups in total. The van der Waals surface area contributed by atoms with Crippen molar-refractivity contribution in [1.29, 1.82) is 0 Å². The van der Waals surface area contributed by atoms with Crippen LogP contribution in [0.15, 0.2) is 36.5 Å². The van der Waals surface area contributed by atoms with Crippen LogP contribution in [-0.2, 0) is 4.74 Å². The quantitative estimate of drug-likeness (QED) is 0.671. The Hall–Kier alpha value is -3.07. The first-order valence-corrected chi connectivity index (χ1v) is 8.55. The predicted octanol–water partition coefficient (Wildman–Crippen LogP) is 3.11. The van der Waals surface area contributed by atoms with Crippen LogP contribution in [0.3, 0.4) is 0 Å². The van der Waals surface area contributed by atoms with E-state index in [9.17, 15) is 13.6 Å². The minimum absolute atomic E-state index is 0.0609. The van der Waals surface area contributed by atoms with Gasteiger partial charge in [0, 0.05) is 18.7 Å². The Kier molecular flexibility index (Phi) is 5.84. The first kappa shape index (κ1) is 19.7. The van der Waals surface area contributed by atoms with Crippen LogP contribution in [0.5, 0.6) is 5.75 Å². The zero-order chi connectivity index (χ0) is 20.3. The van der Waals surface area contributed by atoms with Crippen molar-refractivity contribution in [2.45, 2.75) is 19.4 Å². The number of aromatic nitrogens is 3. The summed E-state index contributed by atoms with van der Waals surface area (Å²) < 4.78 is 38.3. The zero-order valence-electron chi connectivity index (χ0n) is 15.6. The molecule has 0 bridgehead atoms. The number of hydrogen-bond donors (Lipinski definition) is 1. The molecule has 1 atom stereocenters. The molecule has 0 saturated heterocycles. The first-order valence-electron chi connectivity index (χ1n) is 8.55. The SMILES string of the molecule is COC[C@@H](C)NC(=O)c1cnn2c(C(F)F)cc(-c3ccc(OC)cc3)nc12. The second kappa shape index (κ2) is 8.30. The third-order valence-corrected chi connectivity index (χ3v) is 4.15. The monoisotopic (exact) mass is 390 g/mol. The number of carbonyl (C=O) groups is 1. The number of alkyl halides is 2. The molecule has 0 radical (unpaired) electrons. The van der Waals surface area contributed by atoms with Crippen LogP contribution in [0.2, 0.25) is 0 Å². The van der Waals surface area contributed by atoms with Gasteiger partial charge < -0.3 is 14.8 Å². The van der Waals surface area contributed by atoms with Crippen molar-refractivity contribution in [2.24, 2.45) is 0 Å². The summed E-state index contributed by atoms with van der Waals surface area (Å²) in [7, 11) is 3.06. The summed E-state index contributed by atoms with van der Waals surface area (Å²) in [5, 5.41) is 6.68. The summed E-state index contributed by atoms with van der Waals surface area (Å²) in [6.07, 6.45) is -1.55. The number of fused-ring (bicyclic) bond motifs is 1. The topological polar surface area (TPSA) is 77.8 Å². The van der Waals surface area contributed by atoms with Crippen LogP contribution in [0.25, 0.3) is 16.9 Å². The molecule has 2 aromatic heterocycles. The lowest BCUT2D eigenvalue weighted by Crippen LogP contribution is -2.35. The van der Waals surface area contributed by atoms with Gasteiger partial charge in [0.25, 0.3) is 12.3 Å². The molecule has 0 fully saturated rings. The van der Waals surface area contributed by atoms with E-state index >= 15 is 0 Å². The van der Waals surface area contributed by atoms with Gasteiger partial charge in [0.15, 0.2) is 5.65 Å². The van der Waals surface area contributed by atoms with Crippen LogP contribution in [0, 0.1) is 0 Å². The molecule has 148 valence electrons. The van der Waals surface area contributed by atoms with Crippen molar-refractivity contribution in [1.82, 2.24) is 19.9 Å². The Bertz CT molecular complexity index is 973. The Labute approximate surface area is 160 Å². The summed E-state index contributed by atoms with van der Waals surface area (Å²) >= 11 is 0. The molecule has 1 aromatic carbocycles. The van der Waals surface area contributed by atoms with Crippen LogP contribution >= 0.6 is 0 Å². The maximum Gasteiger partial charge on any atom is 0.280 e. The van der Waals surface area contributed by atoms with E-state index in [-0.39, 0.29) is 22.9 Å². The molecule has 0 aliphatic carbocycles. The highest BCUT2D eigenvalue weighted by molar-refractivity contribution is 6.00. The molecule has 0 spiro atoms. The van der Waals surface area contributed by atoms with Gasteiger partial charge in [-0.1, -0.05) is 0 Å². The normalized spacial score (nSPS) is 12.4. The number of ether oxygens (including phenoxy) is 2. The molecule has 3 rings (SSSR count). The molecule has 28 heavy (non-hydrogen) atoms. The van der Waals surface area contributed by atoms with Gasteiger partial charge in [0.2, 0.25) is 0 Å². The molecule has 0 aliphatic rings. The second-order valence-corrected chi connectivity index (χ2v) is 6.22. The largest absolute Gasteiger partial charge is 0.497 e. The first-order chi connectivity index (χ1) is 13.4. The molecular formula is C19H20F2N4O3. The third-order valence-electron chi connectivity index (χ3n) is 4.15. The summed E-state index contributed by atoms with van der Waals surface area (Å²) in [5.41, 5.74) is 0.751. The zero-order valence-corrected chi connectivity index (χ0v) is 15.6. The van der Waals surface area contributed by atoms with E-state index in [1.54, 1.807) is 31.2 Å². The van der Waals surface area contributed by atoms with Crippen LogP contribution < -0.4 is 10.1 Å². The average Bonchev–Trinajstić information content (AvgIpc) is 3.11. The van der Waals surface area contributed by atoms with Crippen molar-refractivity contribution < 1.29 is 23.0 Å². The van der Waals surface area contributed by atoms with Gasteiger partial charge in [-0.2, -0.15) is 5.10 Å². The van der Waals surface area contributed by atoms with E-state index in [4.69, 9.17) is 9.47 Å². The van der Waals surface area contributed by atoms with Crippen molar-refractivity contribution in [2.75, 3.05) is 20.8 Å². The molecule has 0 saturated carbocycles. The van der Waals surface area contributed by atoms with Crippen molar-refractivity contribution in [3.05, 3.63) is 47.8 Å². The number of methoxy groups -OCH3 is 2. The summed E-state index contributed by atoms with van der Waals surface area (Å²) in [4.78, 5) is 17.0. The maximum absolute atomic E-state index is 13.6. The van der Waals surface area contributed by atoms with Crippen LogP contribution in [0.4, 0.5) is 8.78 Å². The van der Waals surface area contributed by atoms with Gasteiger partial charge in [-0.25, -0.2) is 18.3 Å². The molecule has 1 amide bonds. The molecule has 3 aromatic rings. The summed E-state index contributed by atoms with van der Waals surface area (Å²) in [5.74, 6) is 0.176. The Morgan fingerprint density at radius 3 is 2.57 bits per heavy atom. The lowest BCUT2D eigenvalue weighted by atomic mass is 10.1. The smallest absolute Gasteiger partial charge is 0.280 e. The van der Waals surface area contributed by atoms with Crippen LogP contribution in [0.1, 0.15) is 29.4 Å². The fraction of sp³-hybridized carbons (Fsp3) is 0.316. The number of rotatable bonds is 7. The van der Waals surface area contributed by atoms with E-state index in [1.165, 1.54) is 26.5 Å². The highest BCUT2D eigenvalue weighted by Crippen LogP contribution is 2.27. The van der Waals surface area contributed by atoms with Gasteiger partial charge in [-0.05, 0) is 37.3 Å². The van der Waals surface area contributed by atoms with Gasteiger partial charge in [-0.3, -0.25) is 4.79 Å². The molecule has 9 heteroatoms. The minimum Gasteiger partial charge on any atom is -0.497 e. The van der Waals surface area contributed by atoms with Crippen LogP contribution in [-0.4, -0.2) is 47.4 Å². The number of carbonyl (C=O) groups excluding carboxylic acids is 1. The lowest BCUT2D eigenvalue weighted by Gasteiger charge is -2.12. The Morgan fingerprint density at radius 1 is 1.25 bits per heavy atom. The standard InChI is InChI=1S/C19H20F2N4O3/c1-11(10-27-2)23-19(26)14-9-22-25-16(17(20)21)8-15(24-18(14)25)12-4-6-13(28-3)7-5-12/h4-9,11,17H,10H2,1-3H3,(H,23,26)/t11-/m1/s1. The fourth-order valence-electron chi connectivity index (χ4n) is 2.80. The molecule has 0 aliphatic heterocycles. The molecule has 2 heterocycles. The average molecular weight is 390 g/mol. The van der Waals surface area contributed by atoms with Crippen molar-refractivity contribution in [3.8, 4) is 17.0 Å². The number of halogens is 2. The van der Waals surface area contributed by atoms with E-state index in [0.29, 0.717) is 23.6 Å². The van der Waals surface area contributed by atoms with E-state index in [2.05, 4.69) is 15.4 Å². The second-order valence-electron chi connectivity index (χ2n) is 6.22. The minimum atomic E-state index is -2.79. The summed E-state index contributed by atoms with van der Waals surface area (Å²) in [6.45, 7) is 2.09. The number of benzene rings is 1. The predicted molar refractivity (Wildman–Crippen MR) is 98.7 cm³/mol. The molecular weight excluding hydrogens is 370 g/mol. The number of amides is 1. The Balaban J connectivity index is 2.07. The number of nitrogens with zero attached hydrogens (tertiary/aromatic N) is 3. The van der Waals surface area contributed by atoms with Gasteiger partial charge in [0.05, 0.1) is 25.6 Å². The Morgan fingerprint density at radius 2 is 1.96 bits per heavy atom.